The van der Waals surface area contributed by atoms with E-state index >= 15 is 0 Å². The molecule has 2 N–H and O–H groups in total. The molecule has 1 aromatic carbocycles. The highest BCUT2D eigenvalue weighted by Gasteiger charge is 2.14. The summed E-state index contributed by atoms with van der Waals surface area (Å²) >= 11 is 0. The van der Waals surface area contributed by atoms with Gasteiger partial charge in [0.15, 0.2) is 0 Å². The van der Waals surface area contributed by atoms with Gasteiger partial charge in [-0.2, -0.15) is 0 Å². The molecule has 0 aliphatic carbocycles. The number of hydrazine groups is 1. The van der Waals surface area contributed by atoms with Gasteiger partial charge in [0.05, 0.1) is 11.0 Å². The third-order valence-corrected chi connectivity index (χ3v) is 1.53. The van der Waals surface area contributed by atoms with Gasteiger partial charge >= 0.3 is 0 Å². The van der Waals surface area contributed by atoms with Gasteiger partial charge in [0.1, 0.15) is 11.5 Å². The van der Waals surface area contributed by atoms with Crippen LogP contribution in [0.15, 0.2) is 18.2 Å². The lowest BCUT2D eigenvalue weighted by molar-refractivity contribution is -0.384. The molecule has 0 aliphatic heterocycles. The van der Waals surface area contributed by atoms with Gasteiger partial charge in [-0.05, 0) is 12.1 Å². The quantitative estimate of drug-likeness (QED) is 0.583. The van der Waals surface area contributed by atoms with Crippen LogP contribution in [0.4, 0.5) is 15.8 Å². The molecular weight excluding hydrogens is 205 g/mol. The summed E-state index contributed by atoms with van der Waals surface area (Å²) in [5.74, 6) is -1.12. The fraction of sp³-hybridized carbons (Fsp3) is 0.125. The topological polar surface area (TPSA) is 84.3 Å². The van der Waals surface area contributed by atoms with Gasteiger partial charge in [0.25, 0.3) is 5.69 Å². The van der Waals surface area contributed by atoms with Crippen LogP contribution in [0.3, 0.4) is 0 Å². The van der Waals surface area contributed by atoms with E-state index in [1.54, 1.807) is 0 Å². The lowest BCUT2D eigenvalue weighted by Gasteiger charge is -2.06. The first kappa shape index (κ1) is 10.9. The molecule has 1 aromatic rings. The number of halogens is 1. The minimum atomic E-state index is -0.743. The maximum Gasteiger partial charge on any atom is 0.297 e. The average Bonchev–Trinajstić information content (AvgIpc) is 2.15. The molecule has 0 bridgehead atoms. The summed E-state index contributed by atoms with van der Waals surface area (Å²) in [6, 6.07) is 2.99. The van der Waals surface area contributed by atoms with Crippen molar-refractivity contribution in [3.05, 3.63) is 34.1 Å². The Morgan fingerprint density at radius 2 is 2.20 bits per heavy atom. The minimum absolute atomic E-state index is 0.0246. The van der Waals surface area contributed by atoms with Crippen LogP contribution < -0.4 is 10.9 Å². The SMILES string of the molecule is CC(=O)NNc1ccc(F)cc1[N+](=O)[O-]. The molecule has 0 heterocycles. The van der Waals surface area contributed by atoms with Gasteiger partial charge in [-0.15, -0.1) is 0 Å². The first-order chi connectivity index (χ1) is 7.00. The summed E-state index contributed by atoms with van der Waals surface area (Å²) in [4.78, 5) is 20.3. The maximum atomic E-state index is 12.7. The molecule has 7 heteroatoms. The van der Waals surface area contributed by atoms with Crippen molar-refractivity contribution in [2.45, 2.75) is 6.92 Å². The van der Waals surface area contributed by atoms with Gasteiger partial charge in [0.2, 0.25) is 5.91 Å². The second-order valence-electron chi connectivity index (χ2n) is 2.72. The molecule has 6 nitrogen and oxygen atoms in total. The molecule has 0 spiro atoms. The predicted octanol–water partition coefficient (Wildman–Crippen LogP) is 1.20. The van der Waals surface area contributed by atoms with Gasteiger partial charge in [0, 0.05) is 6.92 Å². The Labute approximate surface area is 84.2 Å². The van der Waals surface area contributed by atoms with Crippen LogP contribution in [-0.2, 0) is 4.79 Å². The van der Waals surface area contributed by atoms with Gasteiger partial charge in [-0.3, -0.25) is 25.8 Å². The molecule has 80 valence electrons. The average molecular weight is 213 g/mol. The predicted molar refractivity (Wildman–Crippen MR) is 50.5 cm³/mol. The Morgan fingerprint density at radius 3 is 2.73 bits per heavy atom. The first-order valence-electron chi connectivity index (χ1n) is 3.97. The van der Waals surface area contributed by atoms with E-state index in [0.29, 0.717) is 0 Å². The number of rotatable bonds is 3. The van der Waals surface area contributed by atoms with Crippen LogP contribution in [0.25, 0.3) is 0 Å². The number of amides is 1. The lowest BCUT2D eigenvalue weighted by Crippen LogP contribution is -2.26. The molecule has 0 saturated heterocycles. The summed E-state index contributed by atoms with van der Waals surface area (Å²) in [5, 5.41) is 10.5. The van der Waals surface area contributed by atoms with Crippen molar-refractivity contribution in [1.82, 2.24) is 5.43 Å². The molecule has 0 radical (unpaired) electrons. The summed E-state index contributed by atoms with van der Waals surface area (Å²) in [6.45, 7) is 1.24. The monoisotopic (exact) mass is 213 g/mol. The number of nitrogens with zero attached hydrogens (tertiary/aromatic N) is 1. The Hall–Kier alpha value is -2.18. The summed E-state index contributed by atoms with van der Waals surface area (Å²) in [5.41, 5.74) is 4.06. The van der Waals surface area contributed by atoms with Crippen LogP contribution in [0.2, 0.25) is 0 Å². The molecule has 15 heavy (non-hydrogen) atoms. The van der Waals surface area contributed by atoms with E-state index in [1.165, 1.54) is 13.0 Å². The van der Waals surface area contributed by atoms with Crippen LogP contribution in [0.1, 0.15) is 6.92 Å². The number of nitro groups is 1. The molecule has 0 saturated carbocycles. The van der Waals surface area contributed by atoms with Crippen LogP contribution in [0.5, 0.6) is 0 Å². The van der Waals surface area contributed by atoms with E-state index in [9.17, 15) is 19.3 Å². The number of anilines is 1. The van der Waals surface area contributed by atoms with E-state index in [4.69, 9.17) is 0 Å². The van der Waals surface area contributed by atoms with Crippen molar-refractivity contribution in [3.8, 4) is 0 Å². The van der Waals surface area contributed by atoms with E-state index < -0.39 is 22.3 Å². The largest absolute Gasteiger partial charge is 0.297 e. The zero-order valence-corrected chi connectivity index (χ0v) is 7.78. The number of hydrogen-bond acceptors (Lipinski definition) is 4. The summed E-state index contributed by atoms with van der Waals surface area (Å²) in [6.07, 6.45) is 0. The van der Waals surface area contributed by atoms with Crippen molar-refractivity contribution in [3.63, 3.8) is 0 Å². The molecule has 0 fully saturated rings. The van der Waals surface area contributed by atoms with E-state index in [2.05, 4.69) is 10.9 Å². The molecule has 0 unspecified atom stereocenters. The third kappa shape index (κ3) is 2.90. The number of carbonyl (C=O) groups is 1. The number of carbonyl (C=O) groups excluding carboxylic acids is 1. The second kappa shape index (κ2) is 4.36. The highest BCUT2D eigenvalue weighted by Crippen LogP contribution is 2.23. The summed E-state index contributed by atoms with van der Waals surface area (Å²) < 4.78 is 12.7. The van der Waals surface area contributed by atoms with Crippen LogP contribution in [0, 0.1) is 15.9 Å². The number of hydrogen-bond donors (Lipinski definition) is 2. The molecule has 0 aliphatic rings. The Balaban J connectivity index is 2.95. The van der Waals surface area contributed by atoms with Crippen LogP contribution in [-0.4, -0.2) is 10.8 Å². The van der Waals surface area contributed by atoms with Gasteiger partial charge < -0.3 is 0 Å². The van der Waals surface area contributed by atoms with Crippen molar-refractivity contribution >= 4 is 17.3 Å². The van der Waals surface area contributed by atoms with E-state index in [0.717, 1.165) is 12.1 Å². The van der Waals surface area contributed by atoms with Crippen molar-refractivity contribution in [2.75, 3.05) is 5.43 Å². The highest BCUT2D eigenvalue weighted by atomic mass is 19.1. The normalized spacial score (nSPS) is 9.47. The van der Waals surface area contributed by atoms with Crippen molar-refractivity contribution in [1.29, 1.82) is 0 Å². The highest BCUT2D eigenvalue weighted by molar-refractivity contribution is 5.75. The molecular formula is C8H8FN3O3. The zero-order chi connectivity index (χ0) is 11.4. The Bertz CT molecular complexity index is 408. The molecule has 1 amide bonds. The zero-order valence-electron chi connectivity index (χ0n) is 7.78. The lowest BCUT2D eigenvalue weighted by atomic mass is 10.2. The summed E-state index contributed by atoms with van der Waals surface area (Å²) in [7, 11) is 0. The molecule has 0 aromatic heterocycles. The second-order valence-corrected chi connectivity index (χ2v) is 2.72. The van der Waals surface area contributed by atoms with Crippen LogP contribution >= 0.6 is 0 Å². The van der Waals surface area contributed by atoms with Gasteiger partial charge in [-0.1, -0.05) is 0 Å². The molecule has 0 atom stereocenters. The van der Waals surface area contributed by atoms with Crippen molar-refractivity contribution in [2.24, 2.45) is 0 Å². The smallest absolute Gasteiger partial charge is 0.292 e. The fourth-order valence-electron chi connectivity index (χ4n) is 0.917. The fourth-order valence-corrected chi connectivity index (χ4v) is 0.917. The Morgan fingerprint density at radius 1 is 1.53 bits per heavy atom. The standard InChI is InChI=1S/C8H8FN3O3/c1-5(13)10-11-7-3-2-6(9)4-8(7)12(14)15/h2-4,11H,1H3,(H,10,13). The number of benzene rings is 1. The first-order valence-corrected chi connectivity index (χ1v) is 3.97. The Kier molecular flexibility index (Phi) is 3.17. The van der Waals surface area contributed by atoms with Gasteiger partial charge in [-0.25, -0.2) is 4.39 Å². The number of nitro benzene ring substituents is 1. The minimum Gasteiger partial charge on any atom is -0.292 e. The number of nitrogens with one attached hydrogen (secondary N) is 2. The van der Waals surface area contributed by atoms with Crippen molar-refractivity contribution < 1.29 is 14.1 Å². The third-order valence-electron chi connectivity index (χ3n) is 1.53. The van der Waals surface area contributed by atoms with E-state index in [1.807, 2.05) is 0 Å². The molecule has 1 rings (SSSR count). The van der Waals surface area contributed by atoms with E-state index in [-0.39, 0.29) is 5.69 Å². The maximum absolute atomic E-state index is 12.7.